The first-order valence-corrected chi connectivity index (χ1v) is 10.6. The van der Waals surface area contributed by atoms with Gasteiger partial charge in [0.05, 0.1) is 4.47 Å². The fourth-order valence-electron chi connectivity index (χ4n) is 2.43. The monoisotopic (exact) mass is 486 g/mol. The number of carbonyl (C=O) groups is 1. The molecule has 29 heavy (non-hydrogen) atoms. The second-order valence-electron chi connectivity index (χ2n) is 6.26. The topological polar surface area (TPSA) is 66.0 Å². The number of hydrogen-bond acceptors (Lipinski definition) is 4. The number of nitriles is 1. The van der Waals surface area contributed by atoms with Crippen LogP contribution in [0.3, 0.4) is 0 Å². The van der Waals surface area contributed by atoms with E-state index in [-0.39, 0.29) is 5.57 Å². The Hall–Kier alpha value is -2.46. The van der Waals surface area contributed by atoms with E-state index in [2.05, 4.69) is 21.2 Å². The Bertz CT molecular complexity index is 1130. The Labute approximate surface area is 186 Å². The van der Waals surface area contributed by atoms with E-state index in [9.17, 15) is 10.1 Å². The van der Waals surface area contributed by atoms with Gasteiger partial charge in [0.1, 0.15) is 17.4 Å². The molecular weight excluding hydrogens is 472 g/mol. The lowest BCUT2D eigenvalue weighted by Crippen LogP contribution is -2.13. The van der Waals surface area contributed by atoms with E-state index in [1.54, 1.807) is 24.3 Å². The van der Waals surface area contributed by atoms with Gasteiger partial charge in [-0.2, -0.15) is 5.26 Å². The molecule has 1 aromatic heterocycles. The molecule has 3 aromatic rings. The van der Waals surface area contributed by atoms with Crippen LogP contribution in [0.4, 0.5) is 5.69 Å². The Kier molecular flexibility index (Phi) is 6.86. The maximum atomic E-state index is 12.5. The van der Waals surface area contributed by atoms with E-state index >= 15 is 0 Å². The van der Waals surface area contributed by atoms with Crippen molar-refractivity contribution in [1.29, 1.82) is 5.26 Å². The summed E-state index contributed by atoms with van der Waals surface area (Å²) in [5, 5.41) is 13.4. The highest BCUT2D eigenvalue weighted by Gasteiger charge is 2.14. The standard InChI is InChI=1S/C22H16BrClN2O2S/c1-13-3-6-17(9-14(13)2)26-21(27)15(12-25)10-18-11-20(23)22(28-18)29-19-7-4-16(24)5-8-19/h3-11H,1-2H3,(H,26,27)/b15-10-. The number of hydrogen-bond donors (Lipinski definition) is 1. The van der Waals surface area contributed by atoms with Crippen molar-refractivity contribution in [3.8, 4) is 6.07 Å². The lowest BCUT2D eigenvalue weighted by molar-refractivity contribution is -0.112. The molecule has 0 bridgehead atoms. The molecule has 0 atom stereocenters. The van der Waals surface area contributed by atoms with Crippen molar-refractivity contribution in [2.75, 3.05) is 5.32 Å². The predicted octanol–water partition coefficient (Wildman–Crippen LogP) is 7.01. The minimum absolute atomic E-state index is 0.0486. The van der Waals surface area contributed by atoms with Gasteiger partial charge in [-0.3, -0.25) is 4.79 Å². The summed E-state index contributed by atoms with van der Waals surface area (Å²) in [6, 6.07) is 16.6. The van der Waals surface area contributed by atoms with E-state index < -0.39 is 5.91 Å². The molecule has 4 nitrogen and oxygen atoms in total. The van der Waals surface area contributed by atoms with Gasteiger partial charge in [0.2, 0.25) is 0 Å². The van der Waals surface area contributed by atoms with E-state index in [0.29, 0.717) is 21.6 Å². The van der Waals surface area contributed by atoms with E-state index in [4.69, 9.17) is 16.0 Å². The number of nitrogens with one attached hydrogen (secondary N) is 1. The Balaban J connectivity index is 1.78. The fraction of sp³-hybridized carbons (Fsp3) is 0.0909. The second-order valence-corrected chi connectivity index (χ2v) is 8.60. The molecule has 1 heterocycles. The second kappa shape index (κ2) is 9.36. The Morgan fingerprint density at radius 1 is 1.17 bits per heavy atom. The molecule has 3 rings (SSSR count). The average molecular weight is 488 g/mol. The van der Waals surface area contributed by atoms with Gasteiger partial charge in [0.25, 0.3) is 5.91 Å². The molecule has 0 radical (unpaired) electrons. The normalized spacial score (nSPS) is 11.2. The minimum atomic E-state index is -0.491. The summed E-state index contributed by atoms with van der Waals surface area (Å²) in [5.41, 5.74) is 2.78. The lowest BCUT2D eigenvalue weighted by Gasteiger charge is -2.06. The lowest BCUT2D eigenvalue weighted by atomic mass is 10.1. The number of furan rings is 1. The van der Waals surface area contributed by atoms with Crippen molar-refractivity contribution < 1.29 is 9.21 Å². The van der Waals surface area contributed by atoms with Gasteiger partial charge in [0, 0.05) is 21.7 Å². The van der Waals surface area contributed by atoms with Crippen LogP contribution in [-0.4, -0.2) is 5.91 Å². The smallest absolute Gasteiger partial charge is 0.266 e. The zero-order valence-corrected chi connectivity index (χ0v) is 18.8. The number of anilines is 1. The molecule has 7 heteroatoms. The van der Waals surface area contributed by atoms with Crippen LogP contribution in [0, 0.1) is 25.2 Å². The van der Waals surface area contributed by atoms with Crippen LogP contribution in [0.25, 0.3) is 6.08 Å². The van der Waals surface area contributed by atoms with Crippen LogP contribution in [0.5, 0.6) is 0 Å². The van der Waals surface area contributed by atoms with Crippen LogP contribution in [0.15, 0.2) is 73.0 Å². The molecule has 1 amide bonds. The summed E-state index contributed by atoms with van der Waals surface area (Å²) in [5.74, 6) is -0.0877. The van der Waals surface area contributed by atoms with Crippen LogP contribution in [0.1, 0.15) is 16.9 Å². The van der Waals surface area contributed by atoms with Crippen LogP contribution < -0.4 is 5.32 Å². The SMILES string of the molecule is Cc1ccc(NC(=O)/C(C#N)=C\c2cc(Br)c(Sc3ccc(Cl)cc3)o2)cc1C. The zero-order chi connectivity index (χ0) is 21.0. The van der Waals surface area contributed by atoms with Crippen molar-refractivity contribution in [3.05, 3.63) is 80.5 Å². The summed E-state index contributed by atoms with van der Waals surface area (Å²) in [6.07, 6.45) is 1.42. The van der Waals surface area contributed by atoms with Crippen molar-refractivity contribution in [2.45, 2.75) is 23.8 Å². The predicted molar refractivity (Wildman–Crippen MR) is 120 cm³/mol. The summed E-state index contributed by atoms with van der Waals surface area (Å²) in [4.78, 5) is 13.4. The summed E-state index contributed by atoms with van der Waals surface area (Å²) < 4.78 is 6.52. The first kappa shape index (κ1) is 21.3. The molecule has 0 unspecified atom stereocenters. The number of amides is 1. The van der Waals surface area contributed by atoms with Gasteiger partial charge in [-0.15, -0.1) is 0 Å². The number of halogens is 2. The number of benzene rings is 2. The van der Waals surface area contributed by atoms with Crippen molar-refractivity contribution in [2.24, 2.45) is 0 Å². The van der Waals surface area contributed by atoms with Gasteiger partial charge in [-0.05, 0) is 83.4 Å². The number of aryl methyl sites for hydroxylation is 2. The molecule has 0 saturated heterocycles. The fourth-order valence-corrected chi connectivity index (χ4v) is 3.88. The van der Waals surface area contributed by atoms with Gasteiger partial charge in [-0.1, -0.05) is 29.4 Å². The van der Waals surface area contributed by atoms with Crippen molar-refractivity contribution >= 4 is 57.0 Å². The minimum Gasteiger partial charge on any atom is -0.449 e. The summed E-state index contributed by atoms with van der Waals surface area (Å²) in [7, 11) is 0. The maximum Gasteiger partial charge on any atom is 0.266 e. The zero-order valence-electron chi connectivity index (χ0n) is 15.6. The average Bonchev–Trinajstić information content (AvgIpc) is 3.03. The van der Waals surface area contributed by atoms with Crippen LogP contribution in [-0.2, 0) is 4.79 Å². The molecule has 0 aliphatic heterocycles. The third-order valence-electron chi connectivity index (χ3n) is 4.12. The van der Waals surface area contributed by atoms with Crippen molar-refractivity contribution in [3.63, 3.8) is 0 Å². The molecule has 2 aromatic carbocycles. The van der Waals surface area contributed by atoms with Gasteiger partial charge >= 0.3 is 0 Å². The molecular formula is C22H16BrClN2O2S. The highest BCUT2D eigenvalue weighted by atomic mass is 79.9. The summed E-state index contributed by atoms with van der Waals surface area (Å²) >= 11 is 10.8. The molecule has 0 spiro atoms. The largest absolute Gasteiger partial charge is 0.449 e. The Morgan fingerprint density at radius 3 is 2.55 bits per heavy atom. The van der Waals surface area contributed by atoms with Gasteiger partial charge in [0.15, 0.2) is 5.09 Å². The molecule has 0 fully saturated rings. The molecule has 146 valence electrons. The number of nitrogens with zero attached hydrogens (tertiary/aromatic N) is 1. The number of carbonyl (C=O) groups excluding carboxylic acids is 1. The molecule has 0 saturated carbocycles. The van der Waals surface area contributed by atoms with E-state index in [0.717, 1.165) is 20.5 Å². The third kappa shape index (κ3) is 5.54. The first-order valence-electron chi connectivity index (χ1n) is 8.59. The van der Waals surface area contributed by atoms with Gasteiger partial charge in [-0.25, -0.2) is 0 Å². The Morgan fingerprint density at radius 2 is 1.90 bits per heavy atom. The van der Waals surface area contributed by atoms with E-state index in [1.165, 1.54) is 17.8 Å². The van der Waals surface area contributed by atoms with E-state index in [1.807, 2.05) is 44.2 Å². The molecule has 0 aliphatic carbocycles. The van der Waals surface area contributed by atoms with Gasteiger partial charge < -0.3 is 9.73 Å². The van der Waals surface area contributed by atoms with Crippen molar-refractivity contribution in [1.82, 2.24) is 0 Å². The highest BCUT2D eigenvalue weighted by Crippen LogP contribution is 2.36. The maximum absolute atomic E-state index is 12.5. The molecule has 0 aliphatic rings. The first-order chi connectivity index (χ1) is 13.9. The van der Waals surface area contributed by atoms with Crippen LogP contribution in [0.2, 0.25) is 5.02 Å². The quantitative estimate of drug-likeness (QED) is 0.310. The molecule has 1 N–H and O–H groups in total. The summed E-state index contributed by atoms with van der Waals surface area (Å²) in [6.45, 7) is 3.96. The highest BCUT2D eigenvalue weighted by molar-refractivity contribution is 9.10. The number of rotatable bonds is 5. The van der Waals surface area contributed by atoms with Crippen LogP contribution >= 0.6 is 39.3 Å². The third-order valence-corrected chi connectivity index (χ3v) is 6.22.